The number of hydrogen-bond donors (Lipinski definition) is 0. The smallest absolute Gasteiger partial charge is 0.275 e. The molecule has 0 aliphatic heterocycles. The molecule has 0 unspecified atom stereocenters. The first-order valence-electron chi connectivity index (χ1n) is 6.53. The number of rotatable bonds is 3. The maximum absolute atomic E-state index is 5.44. The minimum absolute atomic E-state index is 0.502. The first-order chi connectivity index (χ1) is 7.38. The van der Waals surface area contributed by atoms with Gasteiger partial charge in [0, 0.05) is 7.11 Å². The Bertz CT molecular complexity index is 169. The molecule has 0 aromatic rings. The Balaban J connectivity index is 1.67. The van der Waals surface area contributed by atoms with E-state index in [-0.39, 0.29) is 0 Å². The van der Waals surface area contributed by atoms with Gasteiger partial charge in [-0.2, -0.15) is 0 Å². The largest absolute Gasteiger partial charge is 0.381 e. The fourth-order valence-corrected chi connectivity index (χ4v) is 7.29. The molecule has 0 spiro atoms. The van der Waals surface area contributed by atoms with Gasteiger partial charge in [-0.3, -0.25) is 0 Å². The first-order valence-corrected chi connectivity index (χ1v) is 9.02. The molecule has 0 atom stereocenters. The van der Waals surface area contributed by atoms with Gasteiger partial charge in [0.25, 0.3) is 21.2 Å². The predicted octanol–water partition coefficient (Wildman–Crippen LogP) is 0.366. The number of ether oxygens (including phenoxy) is 1. The molecule has 88 valence electrons. The van der Waals surface area contributed by atoms with Gasteiger partial charge in [-0.15, -0.1) is 0 Å². The summed E-state index contributed by atoms with van der Waals surface area (Å²) < 4.78 is 7.76. The van der Waals surface area contributed by atoms with Gasteiger partial charge >= 0.3 is 0 Å². The SMILES string of the molecule is COC1CCC([I+]C2CCCCC2)CC1. The van der Waals surface area contributed by atoms with Crippen LogP contribution < -0.4 is 21.2 Å². The minimum Gasteiger partial charge on any atom is -0.381 e. The summed E-state index contributed by atoms with van der Waals surface area (Å²) in [4.78, 5) is 0. The van der Waals surface area contributed by atoms with E-state index in [1.807, 2.05) is 7.11 Å². The van der Waals surface area contributed by atoms with E-state index in [0.717, 1.165) is 3.92 Å². The molecule has 2 heteroatoms. The van der Waals surface area contributed by atoms with Gasteiger partial charge in [-0.25, -0.2) is 0 Å². The normalized spacial score (nSPS) is 34.2. The summed E-state index contributed by atoms with van der Waals surface area (Å²) in [6.07, 6.45) is 13.9. The summed E-state index contributed by atoms with van der Waals surface area (Å²) in [6.45, 7) is 0. The van der Waals surface area contributed by atoms with Gasteiger partial charge in [-0.05, 0) is 51.4 Å². The van der Waals surface area contributed by atoms with Crippen molar-refractivity contribution in [2.24, 2.45) is 0 Å². The van der Waals surface area contributed by atoms with E-state index in [2.05, 4.69) is 0 Å². The quantitative estimate of drug-likeness (QED) is 0.539. The number of methoxy groups -OCH3 is 1. The van der Waals surface area contributed by atoms with E-state index in [0.29, 0.717) is 27.3 Å². The van der Waals surface area contributed by atoms with Gasteiger partial charge < -0.3 is 4.74 Å². The summed E-state index contributed by atoms with van der Waals surface area (Å²) in [6, 6.07) is 0. The van der Waals surface area contributed by atoms with Crippen LogP contribution in [0.5, 0.6) is 0 Å². The molecule has 2 aliphatic carbocycles. The van der Waals surface area contributed by atoms with Crippen LogP contribution in [-0.4, -0.2) is 21.1 Å². The second-order valence-corrected chi connectivity index (χ2v) is 9.21. The highest BCUT2D eigenvalue weighted by atomic mass is 127. The molecule has 0 bridgehead atoms. The van der Waals surface area contributed by atoms with Crippen LogP contribution in [0.15, 0.2) is 0 Å². The van der Waals surface area contributed by atoms with E-state index < -0.39 is 0 Å². The summed E-state index contributed by atoms with van der Waals surface area (Å²) in [7, 11) is 1.88. The number of halogens is 1. The van der Waals surface area contributed by atoms with E-state index in [1.54, 1.807) is 12.8 Å². The highest BCUT2D eigenvalue weighted by Crippen LogP contribution is 2.18. The van der Waals surface area contributed by atoms with Crippen LogP contribution in [-0.2, 0) is 4.74 Å². The molecule has 2 saturated carbocycles. The Hall–Kier alpha value is 0.690. The molecule has 2 aliphatic rings. The van der Waals surface area contributed by atoms with Gasteiger partial charge in [0.1, 0.15) is 0 Å². The van der Waals surface area contributed by atoms with Crippen molar-refractivity contribution in [3.63, 3.8) is 0 Å². The van der Waals surface area contributed by atoms with Gasteiger partial charge in [0.05, 0.1) is 6.10 Å². The third-order valence-corrected chi connectivity index (χ3v) is 8.35. The standard InChI is InChI=1S/C13H24IO/c1-15-13-9-7-12(8-10-13)14-11-5-3-2-4-6-11/h11-13H,2-10H2,1H3/q+1. The molecule has 0 heterocycles. The molecule has 0 radical (unpaired) electrons. The van der Waals surface area contributed by atoms with Crippen molar-refractivity contribution in [2.45, 2.75) is 71.7 Å². The van der Waals surface area contributed by atoms with Crippen molar-refractivity contribution >= 4 is 0 Å². The van der Waals surface area contributed by atoms with Crippen molar-refractivity contribution in [1.29, 1.82) is 0 Å². The fourth-order valence-electron chi connectivity index (χ4n) is 2.81. The van der Waals surface area contributed by atoms with E-state index in [9.17, 15) is 0 Å². The molecule has 0 amide bonds. The van der Waals surface area contributed by atoms with Crippen LogP contribution in [0.4, 0.5) is 0 Å². The van der Waals surface area contributed by atoms with Crippen molar-refractivity contribution in [1.82, 2.24) is 0 Å². The molecule has 0 saturated heterocycles. The topological polar surface area (TPSA) is 9.23 Å². The maximum atomic E-state index is 5.44. The zero-order valence-electron chi connectivity index (χ0n) is 9.88. The summed E-state index contributed by atoms with van der Waals surface area (Å²) >= 11 is 0.502. The lowest BCUT2D eigenvalue weighted by Gasteiger charge is -2.23. The van der Waals surface area contributed by atoms with E-state index in [1.165, 1.54) is 48.9 Å². The third kappa shape index (κ3) is 3.88. The Morgan fingerprint density at radius 1 is 0.800 bits per heavy atom. The molecule has 2 rings (SSSR count). The highest BCUT2D eigenvalue weighted by Gasteiger charge is 2.35. The van der Waals surface area contributed by atoms with Crippen molar-refractivity contribution < 1.29 is 25.9 Å². The monoisotopic (exact) mass is 323 g/mol. The van der Waals surface area contributed by atoms with Crippen molar-refractivity contribution in [2.75, 3.05) is 7.11 Å². The Labute approximate surface area is 105 Å². The maximum Gasteiger partial charge on any atom is 0.275 e. The molecular formula is C13H24IO+. The van der Waals surface area contributed by atoms with Crippen LogP contribution in [0, 0.1) is 0 Å². The van der Waals surface area contributed by atoms with Crippen molar-refractivity contribution in [3.05, 3.63) is 0 Å². The van der Waals surface area contributed by atoms with E-state index in [4.69, 9.17) is 4.74 Å². The lowest BCUT2D eigenvalue weighted by Crippen LogP contribution is -3.68. The molecular weight excluding hydrogens is 299 g/mol. The van der Waals surface area contributed by atoms with Gasteiger partial charge in [-0.1, -0.05) is 6.42 Å². The van der Waals surface area contributed by atoms with Crippen LogP contribution >= 0.6 is 0 Å². The van der Waals surface area contributed by atoms with E-state index >= 15 is 0 Å². The predicted molar refractivity (Wildman–Crippen MR) is 59.9 cm³/mol. The average Bonchev–Trinajstić information content (AvgIpc) is 2.31. The second-order valence-electron chi connectivity index (χ2n) is 4.97. The third-order valence-electron chi connectivity index (χ3n) is 3.83. The minimum atomic E-state index is 0.502. The number of alkyl halides is 2. The summed E-state index contributed by atoms with van der Waals surface area (Å²) in [5.74, 6) is 0. The summed E-state index contributed by atoms with van der Waals surface area (Å²) in [5, 5.41) is 0. The first kappa shape index (κ1) is 12.2. The van der Waals surface area contributed by atoms with Crippen LogP contribution in [0.1, 0.15) is 57.8 Å². The highest BCUT2D eigenvalue weighted by molar-refractivity contribution is 4.72. The zero-order valence-corrected chi connectivity index (χ0v) is 12.0. The second kappa shape index (κ2) is 6.43. The Kier molecular flexibility index (Phi) is 5.21. The van der Waals surface area contributed by atoms with Gasteiger partial charge in [0.2, 0.25) is 0 Å². The molecule has 15 heavy (non-hydrogen) atoms. The lowest BCUT2D eigenvalue weighted by molar-refractivity contribution is -0.726. The Morgan fingerprint density at radius 3 is 2.00 bits per heavy atom. The van der Waals surface area contributed by atoms with Gasteiger partial charge in [0.15, 0.2) is 7.85 Å². The fraction of sp³-hybridized carbons (Fsp3) is 1.00. The van der Waals surface area contributed by atoms with Crippen molar-refractivity contribution in [3.8, 4) is 0 Å². The molecule has 0 aromatic heterocycles. The number of hydrogen-bond acceptors (Lipinski definition) is 1. The average molecular weight is 323 g/mol. The summed E-state index contributed by atoms with van der Waals surface area (Å²) in [5.41, 5.74) is 0. The molecule has 1 nitrogen and oxygen atoms in total. The Morgan fingerprint density at radius 2 is 1.40 bits per heavy atom. The van der Waals surface area contributed by atoms with Crippen LogP contribution in [0.25, 0.3) is 0 Å². The molecule has 2 fully saturated rings. The molecule has 0 aromatic carbocycles. The lowest BCUT2D eigenvalue weighted by atomic mass is 9.98. The zero-order chi connectivity index (χ0) is 10.5. The van der Waals surface area contributed by atoms with Crippen LogP contribution in [0.2, 0.25) is 0 Å². The van der Waals surface area contributed by atoms with Crippen LogP contribution in [0.3, 0.4) is 0 Å². The molecule has 0 N–H and O–H groups in total.